The van der Waals surface area contributed by atoms with Crippen molar-refractivity contribution in [1.82, 2.24) is 19.9 Å². The lowest BCUT2D eigenvalue weighted by Gasteiger charge is -2.27. The second-order valence-corrected chi connectivity index (χ2v) is 13.3. The molecule has 0 atom stereocenters. The Balaban J connectivity index is 1.46. The molecule has 4 aromatic carbocycles. The molecule has 0 fully saturated rings. The summed E-state index contributed by atoms with van der Waals surface area (Å²) in [4.78, 5) is 18.2. The summed E-state index contributed by atoms with van der Waals surface area (Å²) >= 11 is 0. The SMILES string of the molecule is N#CC1(C#N)c2ccccc2-c2c3nc(c(-c4ccccc4)c4nc(c(-c5ccccc5)c5ccc([nH]5)c(-c5ccccc5)c5cc1c2[nH]5)C=C4)C=C3. The van der Waals surface area contributed by atoms with Crippen molar-refractivity contribution in [3.8, 4) is 56.6 Å². The van der Waals surface area contributed by atoms with Gasteiger partial charge in [-0.15, -0.1) is 0 Å². The summed E-state index contributed by atoms with van der Waals surface area (Å²) in [5.41, 5.74) is 13.5. The minimum absolute atomic E-state index is 0.603. The van der Waals surface area contributed by atoms with Gasteiger partial charge in [-0.3, -0.25) is 0 Å². The molecular weight excluding hydrogens is 649 g/mol. The van der Waals surface area contributed by atoms with Crippen LogP contribution in [0.4, 0.5) is 0 Å². The maximum absolute atomic E-state index is 10.9. The van der Waals surface area contributed by atoms with E-state index in [1.54, 1.807) is 0 Å². The van der Waals surface area contributed by atoms with Crippen molar-refractivity contribution in [3.63, 3.8) is 0 Å². The molecule has 2 aliphatic heterocycles. The average Bonchev–Trinajstić information content (AvgIpc) is 4.05. The average molecular weight is 677 g/mol. The molecule has 5 heterocycles. The molecule has 0 amide bonds. The molecule has 0 spiro atoms. The number of hydrogen-bond acceptors (Lipinski definition) is 4. The number of nitrogens with one attached hydrogen (secondary N) is 2. The molecule has 3 aliphatic rings. The molecule has 7 aromatic rings. The van der Waals surface area contributed by atoms with E-state index in [1.165, 1.54) is 0 Å². The lowest BCUT2D eigenvalue weighted by Crippen LogP contribution is -2.26. The molecule has 8 bridgehead atoms. The summed E-state index contributed by atoms with van der Waals surface area (Å²) < 4.78 is 0. The normalized spacial score (nSPS) is 13.2. The number of aromatic nitrogens is 4. The summed E-state index contributed by atoms with van der Waals surface area (Å²) in [6, 6.07) is 49.5. The van der Waals surface area contributed by atoms with Crippen LogP contribution in [0.1, 0.15) is 33.9 Å². The van der Waals surface area contributed by atoms with Crippen LogP contribution >= 0.6 is 0 Å². The second-order valence-electron chi connectivity index (χ2n) is 13.3. The van der Waals surface area contributed by atoms with Crippen LogP contribution in [0.15, 0.2) is 133 Å². The van der Waals surface area contributed by atoms with Crippen molar-refractivity contribution in [2.75, 3.05) is 0 Å². The summed E-state index contributed by atoms with van der Waals surface area (Å²) in [6.45, 7) is 0. The van der Waals surface area contributed by atoms with Crippen LogP contribution in [0.5, 0.6) is 0 Å². The van der Waals surface area contributed by atoms with E-state index >= 15 is 0 Å². The smallest absolute Gasteiger partial charge is 0.196 e. The molecule has 53 heavy (non-hydrogen) atoms. The lowest BCUT2D eigenvalue weighted by molar-refractivity contribution is 0.855. The van der Waals surface area contributed by atoms with Crippen molar-refractivity contribution in [1.29, 1.82) is 10.5 Å². The Labute approximate surface area is 305 Å². The number of nitrogens with zero attached hydrogens (tertiary/aromatic N) is 4. The predicted octanol–water partition coefficient (Wildman–Crippen LogP) is 11.0. The first-order valence-corrected chi connectivity index (χ1v) is 17.5. The third kappa shape index (κ3) is 4.57. The van der Waals surface area contributed by atoms with Crippen LogP contribution in [0.2, 0.25) is 0 Å². The standard InChI is InChI=1S/C47H28N6/c48-27-47(28-49)33-19-11-10-18-32(33)45-40-25-24-38(52-40)43(30-14-6-2-7-15-30)36-21-20-35(50-36)42(29-12-4-1-5-13-29)37-22-23-39(51-37)44(31-16-8-3-9-17-31)41-26-34(47)46(45)53-41/h1-26,51,53H. The van der Waals surface area contributed by atoms with Gasteiger partial charge in [-0.1, -0.05) is 115 Å². The Hall–Kier alpha value is -7.54. The fraction of sp³-hybridized carbons (Fsp3) is 0.0213. The van der Waals surface area contributed by atoms with Crippen molar-refractivity contribution < 1.29 is 0 Å². The Kier molecular flexibility index (Phi) is 6.73. The molecule has 246 valence electrons. The van der Waals surface area contributed by atoms with Gasteiger partial charge in [0.25, 0.3) is 0 Å². The number of hydrogen-bond donors (Lipinski definition) is 2. The van der Waals surface area contributed by atoms with Crippen molar-refractivity contribution in [3.05, 3.63) is 167 Å². The molecular formula is C47H28N6. The highest BCUT2D eigenvalue weighted by Crippen LogP contribution is 2.49. The molecule has 10 rings (SSSR count). The van der Waals surface area contributed by atoms with Gasteiger partial charge in [0.15, 0.2) is 5.41 Å². The van der Waals surface area contributed by atoms with Gasteiger partial charge in [0.2, 0.25) is 0 Å². The summed E-state index contributed by atoms with van der Waals surface area (Å²) in [6.07, 6.45) is 8.23. The summed E-state index contributed by atoms with van der Waals surface area (Å²) in [5, 5.41) is 21.8. The van der Waals surface area contributed by atoms with Crippen LogP contribution in [-0.2, 0) is 5.41 Å². The molecule has 0 radical (unpaired) electrons. The summed E-state index contributed by atoms with van der Waals surface area (Å²) in [5.74, 6) is 0. The van der Waals surface area contributed by atoms with Gasteiger partial charge in [0, 0.05) is 44.4 Å². The van der Waals surface area contributed by atoms with Gasteiger partial charge in [0.1, 0.15) is 0 Å². The van der Waals surface area contributed by atoms with Crippen LogP contribution in [-0.4, -0.2) is 19.9 Å². The molecule has 1 aliphatic carbocycles. The van der Waals surface area contributed by atoms with E-state index in [4.69, 9.17) is 9.97 Å². The topological polar surface area (TPSA) is 105 Å². The number of benzene rings is 4. The van der Waals surface area contributed by atoms with Crippen LogP contribution in [0.3, 0.4) is 0 Å². The van der Waals surface area contributed by atoms with Crippen molar-refractivity contribution >= 4 is 46.4 Å². The fourth-order valence-electron chi connectivity index (χ4n) is 8.03. The molecule has 3 aromatic heterocycles. The zero-order valence-corrected chi connectivity index (χ0v) is 28.3. The maximum Gasteiger partial charge on any atom is 0.196 e. The first-order chi connectivity index (χ1) is 26.2. The lowest BCUT2D eigenvalue weighted by atomic mass is 9.70. The van der Waals surface area contributed by atoms with E-state index < -0.39 is 5.41 Å². The highest BCUT2D eigenvalue weighted by atomic mass is 14.8. The second kappa shape index (κ2) is 11.8. The third-order valence-corrected chi connectivity index (χ3v) is 10.4. The zero-order chi connectivity index (χ0) is 35.5. The monoisotopic (exact) mass is 676 g/mol. The maximum atomic E-state index is 10.9. The first-order valence-electron chi connectivity index (χ1n) is 17.5. The van der Waals surface area contributed by atoms with Crippen molar-refractivity contribution in [2.24, 2.45) is 0 Å². The fourth-order valence-corrected chi connectivity index (χ4v) is 8.03. The molecule has 0 saturated carbocycles. The number of rotatable bonds is 3. The predicted molar refractivity (Wildman–Crippen MR) is 213 cm³/mol. The van der Waals surface area contributed by atoms with E-state index in [-0.39, 0.29) is 0 Å². The first kappa shape index (κ1) is 30.3. The van der Waals surface area contributed by atoms with E-state index in [1.807, 2.05) is 97.1 Å². The van der Waals surface area contributed by atoms with Gasteiger partial charge in [0.05, 0.1) is 40.4 Å². The van der Waals surface area contributed by atoms with Crippen LogP contribution in [0, 0.1) is 22.7 Å². The Bertz CT molecular complexity index is 2940. The van der Waals surface area contributed by atoms with E-state index in [2.05, 4.69) is 82.8 Å². The Morgan fingerprint density at radius 2 is 0.906 bits per heavy atom. The van der Waals surface area contributed by atoms with Crippen molar-refractivity contribution in [2.45, 2.75) is 5.41 Å². The van der Waals surface area contributed by atoms with Gasteiger partial charge >= 0.3 is 0 Å². The largest absolute Gasteiger partial charge is 0.354 e. The number of aromatic amines is 2. The summed E-state index contributed by atoms with van der Waals surface area (Å²) in [7, 11) is 0. The number of H-pyrrole nitrogens is 2. The van der Waals surface area contributed by atoms with Gasteiger partial charge in [-0.25, -0.2) is 9.97 Å². The molecule has 0 unspecified atom stereocenters. The van der Waals surface area contributed by atoms with E-state index in [9.17, 15) is 10.5 Å². The number of fused-ring (bicyclic) bond motifs is 10. The Morgan fingerprint density at radius 1 is 0.434 bits per heavy atom. The molecule has 6 nitrogen and oxygen atoms in total. The highest BCUT2D eigenvalue weighted by Gasteiger charge is 2.43. The van der Waals surface area contributed by atoms with E-state index in [0.29, 0.717) is 16.6 Å². The Morgan fingerprint density at radius 3 is 1.49 bits per heavy atom. The van der Waals surface area contributed by atoms with Gasteiger partial charge in [-0.05, 0) is 70.3 Å². The molecule has 2 N–H and O–H groups in total. The van der Waals surface area contributed by atoms with E-state index in [0.717, 1.165) is 83.8 Å². The number of nitriles is 2. The van der Waals surface area contributed by atoms with Crippen LogP contribution < -0.4 is 0 Å². The highest BCUT2D eigenvalue weighted by molar-refractivity contribution is 6.04. The zero-order valence-electron chi connectivity index (χ0n) is 28.3. The van der Waals surface area contributed by atoms with Gasteiger partial charge in [-0.2, -0.15) is 10.5 Å². The minimum Gasteiger partial charge on any atom is -0.354 e. The van der Waals surface area contributed by atoms with Gasteiger partial charge < -0.3 is 9.97 Å². The quantitative estimate of drug-likeness (QED) is 0.194. The minimum atomic E-state index is -1.55. The molecule has 6 heteroatoms. The molecule has 0 saturated heterocycles. The van der Waals surface area contributed by atoms with Crippen LogP contribution in [0.25, 0.3) is 90.9 Å². The third-order valence-electron chi connectivity index (χ3n) is 10.4.